The minimum absolute atomic E-state index is 0.0851. The number of aromatic nitrogens is 1. The Morgan fingerprint density at radius 1 is 1.35 bits per heavy atom. The first-order valence-electron chi connectivity index (χ1n) is 8.45. The highest BCUT2D eigenvalue weighted by Crippen LogP contribution is 2.18. The predicted molar refractivity (Wildman–Crippen MR) is 91.0 cm³/mol. The van der Waals surface area contributed by atoms with Crippen molar-refractivity contribution in [1.29, 1.82) is 0 Å². The third-order valence-corrected chi connectivity index (χ3v) is 4.18. The number of pyridine rings is 1. The number of hydrogen-bond acceptors (Lipinski definition) is 4. The second-order valence-electron chi connectivity index (χ2n) is 6.93. The molecule has 1 aromatic heterocycles. The van der Waals surface area contributed by atoms with E-state index in [0.717, 1.165) is 24.3 Å². The fraction of sp³-hybridized carbons (Fsp3) is 0.667. The average molecular weight is 319 g/mol. The second kappa shape index (κ2) is 7.88. The van der Waals surface area contributed by atoms with Crippen LogP contribution in [-0.2, 0) is 16.1 Å². The van der Waals surface area contributed by atoms with Crippen LogP contribution in [-0.4, -0.2) is 47.1 Å². The van der Waals surface area contributed by atoms with Crippen LogP contribution in [0.5, 0.6) is 0 Å². The summed E-state index contributed by atoms with van der Waals surface area (Å²) in [6, 6.07) is 3.85. The first-order valence-corrected chi connectivity index (χ1v) is 8.45. The average Bonchev–Trinajstić information content (AvgIpc) is 2.45. The maximum Gasteiger partial charge on any atom is 0.237 e. The van der Waals surface area contributed by atoms with Crippen molar-refractivity contribution in [2.75, 3.05) is 13.1 Å². The molecule has 1 amide bonds. The van der Waals surface area contributed by atoms with Crippen LogP contribution >= 0.6 is 0 Å². The third kappa shape index (κ3) is 5.01. The van der Waals surface area contributed by atoms with E-state index in [-0.39, 0.29) is 30.1 Å². The summed E-state index contributed by atoms with van der Waals surface area (Å²) in [5.74, 6) is 0.338. The van der Waals surface area contributed by atoms with Crippen LogP contribution in [0, 0.1) is 12.8 Å². The molecule has 0 radical (unpaired) electrons. The van der Waals surface area contributed by atoms with Crippen LogP contribution in [0.25, 0.3) is 0 Å². The molecule has 1 aliphatic heterocycles. The molecule has 0 aromatic carbocycles. The van der Waals surface area contributed by atoms with Gasteiger partial charge in [-0.05, 0) is 38.3 Å². The van der Waals surface area contributed by atoms with Crippen molar-refractivity contribution in [3.8, 4) is 0 Å². The second-order valence-corrected chi connectivity index (χ2v) is 6.93. The lowest BCUT2D eigenvalue weighted by molar-refractivity contribution is -0.135. The molecule has 3 unspecified atom stereocenters. The lowest BCUT2D eigenvalue weighted by Gasteiger charge is -2.41. The van der Waals surface area contributed by atoms with E-state index >= 15 is 0 Å². The molecule has 1 aromatic rings. The van der Waals surface area contributed by atoms with Gasteiger partial charge in [0.05, 0.1) is 18.2 Å². The zero-order valence-corrected chi connectivity index (χ0v) is 14.9. The number of aryl methyl sites for hydroxylation is 1. The van der Waals surface area contributed by atoms with Gasteiger partial charge in [-0.3, -0.25) is 14.7 Å². The Labute approximate surface area is 139 Å². The van der Waals surface area contributed by atoms with Crippen molar-refractivity contribution in [2.45, 2.75) is 59.4 Å². The standard InChI is InChI=1S/C18H29N3O2/c1-12(2)17(21-10-14(4)23-15(5)11-21)18(22)20-9-16-7-6-13(3)19-8-16/h6-8,12,14-15,17H,9-11H2,1-5H3,(H,20,22). The van der Waals surface area contributed by atoms with Crippen LogP contribution in [0.1, 0.15) is 39.0 Å². The molecule has 1 N–H and O–H groups in total. The van der Waals surface area contributed by atoms with Crippen molar-refractivity contribution >= 4 is 5.91 Å². The molecule has 1 aliphatic rings. The summed E-state index contributed by atoms with van der Waals surface area (Å²) in [4.78, 5) is 19.2. The van der Waals surface area contributed by atoms with Crippen LogP contribution < -0.4 is 5.32 Å². The van der Waals surface area contributed by atoms with Crippen LogP contribution in [0.4, 0.5) is 0 Å². The smallest absolute Gasteiger partial charge is 0.237 e. The Morgan fingerprint density at radius 3 is 2.52 bits per heavy atom. The molecular formula is C18H29N3O2. The molecule has 2 rings (SSSR count). The fourth-order valence-electron chi connectivity index (χ4n) is 3.23. The molecule has 1 saturated heterocycles. The minimum Gasteiger partial charge on any atom is -0.373 e. The van der Waals surface area contributed by atoms with Gasteiger partial charge in [0, 0.05) is 31.5 Å². The summed E-state index contributed by atoms with van der Waals surface area (Å²) in [6.45, 7) is 12.4. The van der Waals surface area contributed by atoms with Gasteiger partial charge in [0.25, 0.3) is 0 Å². The number of hydrogen-bond donors (Lipinski definition) is 1. The van der Waals surface area contributed by atoms with E-state index < -0.39 is 0 Å². The number of nitrogens with one attached hydrogen (secondary N) is 1. The number of carbonyl (C=O) groups excluding carboxylic acids is 1. The molecular weight excluding hydrogens is 290 g/mol. The number of amides is 1. The largest absolute Gasteiger partial charge is 0.373 e. The molecule has 0 saturated carbocycles. The molecule has 0 bridgehead atoms. The van der Waals surface area contributed by atoms with E-state index in [0.29, 0.717) is 6.54 Å². The van der Waals surface area contributed by atoms with Crippen LogP contribution in [0.15, 0.2) is 18.3 Å². The number of nitrogens with zero attached hydrogens (tertiary/aromatic N) is 2. The summed E-state index contributed by atoms with van der Waals surface area (Å²) in [7, 11) is 0. The van der Waals surface area contributed by atoms with Gasteiger partial charge in [-0.2, -0.15) is 0 Å². The Morgan fingerprint density at radius 2 is 2.00 bits per heavy atom. The van der Waals surface area contributed by atoms with E-state index in [9.17, 15) is 4.79 Å². The normalized spacial score (nSPS) is 23.7. The summed E-state index contributed by atoms with van der Waals surface area (Å²) in [6.07, 6.45) is 2.14. The highest BCUT2D eigenvalue weighted by Gasteiger charge is 2.33. The molecule has 0 spiro atoms. The van der Waals surface area contributed by atoms with Gasteiger partial charge in [-0.25, -0.2) is 0 Å². The van der Waals surface area contributed by atoms with E-state index in [1.165, 1.54) is 0 Å². The van der Waals surface area contributed by atoms with Gasteiger partial charge in [0.1, 0.15) is 0 Å². The number of morpholine rings is 1. The first kappa shape index (κ1) is 17.9. The Hall–Kier alpha value is -1.46. The van der Waals surface area contributed by atoms with E-state index in [1.807, 2.05) is 25.3 Å². The maximum atomic E-state index is 12.7. The van der Waals surface area contributed by atoms with E-state index in [4.69, 9.17) is 4.74 Å². The summed E-state index contributed by atoms with van der Waals surface area (Å²) < 4.78 is 5.78. The highest BCUT2D eigenvalue weighted by molar-refractivity contribution is 5.82. The molecule has 128 valence electrons. The lowest BCUT2D eigenvalue weighted by Crippen LogP contribution is -2.56. The van der Waals surface area contributed by atoms with Crippen molar-refractivity contribution in [1.82, 2.24) is 15.2 Å². The van der Waals surface area contributed by atoms with Crippen molar-refractivity contribution in [2.24, 2.45) is 5.92 Å². The summed E-state index contributed by atoms with van der Waals surface area (Å²) >= 11 is 0. The van der Waals surface area contributed by atoms with Crippen molar-refractivity contribution < 1.29 is 9.53 Å². The Kier molecular flexibility index (Phi) is 6.13. The van der Waals surface area contributed by atoms with Gasteiger partial charge in [-0.15, -0.1) is 0 Å². The molecule has 3 atom stereocenters. The van der Waals surface area contributed by atoms with Crippen LogP contribution in [0.2, 0.25) is 0 Å². The SMILES string of the molecule is Cc1ccc(CNC(=O)C(C(C)C)N2CC(C)OC(C)C2)cn1. The van der Waals surface area contributed by atoms with Gasteiger partial charge in [-0.1, -0.05) is 19.9 Å². The highest BCUT2D eigenvalue weighted by atomic mass is 16.5. The number of ether oxygens (including phenoxy) is 1. The van der Waals surface area contributed by atoms with Crippen molar-refractivity contribution in [3.63, 3.8) is 0 Å². The van der Waals surface area contributed by atoms with Crippen molar-refractivity contribution in [3.05, 3.63) is 29.6 Å². The fourth-order valence-corrected chi connectivity index (χ4v) is 3.23. The molecule has 5 heteroatoms. The monoisotopic (exact) mass is 319 g/mol. The number of carbonyl (C=O) groups is 1. The Bertz CT molecular complexity index is 506. The van der Waals surface area contributed by atoms with E-state index in [1.54, 1.807) is 0 Å². The topological polar surface area (TPSA) is 54.5 Å². The first-order chi connectivity index (χ1) is 10.9. The zero-order valence-electron chi connectivity index (χ0n) is 14.9. The predicted octanol–water partition coefficient (Wildman–Crippen LogP) is 2.14. The van der Waals surface area contributed by atoms with Gasteiger partial charge >= 0.3 is 0 Å². The third-order valence-electron chi connectivity index (χ3n) is 4.18. The number of rotatable bonds is 5. The zero-order chi connectivity index (χ0) is 17.0. The quantitative estimate of drug-likeness (QED) is 0.903. The van der Waals surface area contributed by atoms with Gasteiger partial charge < -0.3 is 10.1 Å². The minimum atomic E-state index is -0.123. The molecule has 0 aliphatic carbocycles. The lowest BCUT2D eigenvalue weighted by atomic mass is 9.99. The Balaban J connectivity index is 1.99. The summed E-state index contributed by atoms with van der Waals surface area (Å²) in [5, 5.41) is 3.07. The van der Waals surface area contributed by atoms with E-state index in [2.05, 4.69) is 42.9 Å². The molecule has 23 heavy (non-hydrogen) atoms. The van der Waals surface area contributed by atoms with Crippen LogP contribution in [0.3, 0.4) is 0 Å². The maximum absolute atomic E-state index is 12.7. The molecule has 2 heterocycles. The van der Waals surface area contributed by atoms with Gasteiger partial charge in [0.2, 0.25) is 5.91 Å². The van der Waals surface area contributed by atoms with Gasteiger partial charge in [0.15, 0.2) is 0 Å². The molecule has 1 fully saturated rings. The summed E-state index contributed by atoms with van der Waals surface area (Å²) in [5.41, 5.74) is 2.01. The molecule has 5 nitrogen and oxygen atoms in total.